The van der Waals surface area contributed by atoms with Gasteiger partial charge in [0.05, 0.1) is 5.56 Å². The molecule has 0 amide bonds. The zero-order chi connectivity index (χ0) is 19.3. The minimum atomic E-state index is -0.875. The van der Waals surface area contributed by atoms with Gasteiger partial charge in [-0.3, -0.25) is 0 Å². The third kappa shape index (κ3) is 4.18. The van der Waals surface area contributed by atoms with Crippen LogP contribution in [0.15, 0.2) is 60.8 Å². The maximum atomic E-state index is 11.2. The van der Waals surface area contributed by atoms with Crippen molar-refractivity contribution in [3.63, 3.8) is 0 Å². The number of H-pyrrole nitrogens is 1. The first-order valence-electron chi connectivity index (χ1n) is 10.0. The van der Waals surface area contributed by atoms with Crippen LogP contribution in [0.2, 0.25) is 0 Å². The summed E-state index contributed by atoms with van der Waals surface area (Å²) < 4.78 is 0. The molecule has 2 aromatic carbocycles. The second-order valence-electron chi connectivity index (χ2n) is 7.53. The first-order valence-corrected chi connectivity index (χ1v) is 10.0. The van der Waals surface area contributed by atoms with Crippen LogP contribution in [-0.2, 0) is 6.42 Å². The van der Waals surface area contributed by atoms with Crippen molar-refractivity contribution >= 4 is 22.4 Å². The molecule has 1 aliphatic heterocycles. The lowest BCUT2D eigenvalue weighted by atomic mass is 9.92. The molecule has 1 atom stereocenters. The summed E-state index contributed by atoms with van der Waals surface area (Å²) in [5, 5.41) is 13.9. The molecule has 0 aliphatic carbocycles. The predicted molar refractivity (Wildman–Crippen MR) is 114 cm³/mol. The number of carbonyl (C=O) groups is 1. The number of fused-ring (bicyclic) bond motifs is 1. The van der Waals surface area contributed by atoms with Crippen LogP contribution < -0.4 is 5.32 Å². The van der Waals surface area contributed by atoms with Crippen molar-refractivity contribution in [2.24, 2.45) is 0 Å². The van der Waals surface area contributed by atoms with E-state index >= 15 is 0 Å². The number of unbranched alkanes of at least 4 members (excludes halogenated alkanes) is 1. The van der Waals surface area contributed by atoms with Crippen LogP contribution in [0.5, 0.6) is 0 Å². The fourth-order valence-electron chi connectivity index (χ4n) is 4.09. The Bertz CT molecular complexity index is 988. The first-order chi connectivity index (χ1) is 13.7. The monoisotopic (exact) mass is 374 g/mol. The van der Waals surface area contributed by atoms with Gasteiger partial charge in [0.25, 0.3) is 0 Å². The number of hydrogen-bond acceptors (Lipinski definition) is 2. The second-order valence-corrected chi connectivity index (χ2v) is 7.53. The van der Waals surface area contributed by atoms with Crippen LogP contribution >= 0.6 is 0 Å². The van der Waals surface area contributed by atoms with Gasteiger partial charge < -0.3 is 15.4 Å². The molecule has 4 rings (SSSR count). The van der Waals surface area contributed by atoms with Crippen molar-refractivity contribution in [1.29, 1.82) is 0 Å². The molecule has 0 saturated carbocycles. The van der Waals surface area contributed by atoms with Gasteiger partial charge in [-0.15, -0.1) is 0 Å². The van der Waals surface area contributed by atoms with E-state index < -0.39 is 5.97 Å². The number of carboxylic acids is 1. The molecule has 0 spiro atoms. The molecular weight excluding hydrogens is 348 g/mol. The van der Waals surface area contributed by atoms with Crippen molar-refractivity contribution in [2.45, 2.75) is 38.1 Å². The number of benzene rings is 2. The average molecular weight is 374 g/mol. The van der Waals surface area contributed by atoms with Gasteiger partial charge >= 0.3 is 5.97 Å². The number of rotatable bonds is 7. The Morgan fingerprint density at radius 3 is 2.79 bits per heavy atom. The molecule has 2 heterocycles. The highest BCUT2D eigenvalue weighted by molar-refractivity contribution is 5.94. The van der Waals surface area contributed by atoms with Crippen LogP contribution in [-0.4, -0.2) is 28.6 Å². The molecular formula is C24H26N2O2. The molecule has 3 N–H and O–H groups in total. The molecule has 28 heavy (non-hydrogen) atoms. The van der Waals surface area contributed by atoms with E-state index in [4.69, 9.17) is 0 Å². The highest BCUT2D eigenvalue weighted by Gasteiger charge is 2.16. The molecule has 4 nitrogen and oxygen atoms in total. The van der Waals surface area contributed by atoms with Gasteiger partial charge in [0, 0.05) is 29.7 Å². The summed E-state index contributed by atoms with van der Waals surface area (Å²) in [5.74, 6) is -0.875. The summed E-state index contributed by atoms with van der Waals surface area (Å²) in [6.07, 6.45) is 9.80. The normalized spacial score (nSPS) is 16.9. The fourth-order valence-corrected chi connectivity index (χ4v) is 4.09. The van der Waals surface area contributed by atoms with Crippen LogP contribution in [0.25, 0.3) is 16.5 Å². The average Bonchev–Trinajstić information content (AvgIpc) is 3.14. The highest BCUT2D eigenvalue weighted by Crippen LogP contribution is 2.25. The molecule has 3 aromatic rings. The molecule has 0 fully saturated rings. The summed E-state index contributed by atoms with van der Waals surface area (Å²) in [7, 11) is 0. The van der Waals surface area contributed by atoms with Gasteiger partial charge in [-0.05, 0) is 60.6 Å². The summed E-state index contributed by atoms with van der Waals surface area (Å²) in [6, 6.07) is 16.5. The number of aryl methyl sites for hydroxylation is 1. The topological polar surface area (TPSA) is 65.1 Å². The Morgan fingerprint density at radius 1 is 1.11 bits per heavy atom. The molecule has 4 heteroatoms. The van der Waals surface area contributed by atoms with E-state index in [1.54, 1.807) is 12.1 Å². The van der Waals surface area contributed by atoms with E-state index in [9.17, 15) is 9.90 Å². The molecule has 1 aliphatic rings. The zero-order valence-electron chi connectivity index (χ0n) is 15.9. The van der Waals surface area contributed by atoms with Crippen molar-refractivity contribution in [1.82, 2.24) is 10.3 Å². The van der Waals surface area contributed by atoms with E-state index in [1.165, 1.54) is 16.7 Å². The van der Waals surface area contributed by atoms with Crippen LogP contribution in [0.3, 0.4) is 0 Å². The maximum absolute atomic E-state index is 11.2. The first kappa shape index (κ1) is 18.5. The van der Waals surface area contributed by atoms with E-state index in [2.05, 4.69) is 46.7 Å². The van der Waals surface area contributed by atoms with Gasteiger partial charge in [0.1, 0.15) is 0 Å². The minimum Gasteiger partial charge on any atom is -0.478 e. The summed E-state index contributed by atoms with van der Waals surface area (Å²) in [5.41, 5.74) is 5.34. The minimum absolute atomic E-state index is 0.347. The molecule has 0 bridgehead atoms. The van der Waals surface area contributed by atoms with Crippen LogP contribution in [0.4, 0.5) is 0 Å². The summed E-state index contributed by atoms with van der Waals surface area (Å²) >= 11 is 0. The van der Waals surface area contributed by atoms with Crippen molar-refractivity contribution < 1.29 is 9.90 Å². The molecule has 0 saturated heterocycles. The number of aromatic nitrogens is 1. The van der Waals surface area contributed by atoms with Gasteiger partial charge in [-0.1, -0.05) is 42.8 Å². The van der Waals surface area contributed by atoms with E-state index in [-0.39, 0.29) is 0 Å². The predicted octanol–water partition coefficient (Wildman–Crippen LogP) is 5.02. The van der Waals surface area contributed by atoms with Crippen molar-refractivity contribution in [3.05, 3.63) is 77.5 Å². The number of aromatic amines is 1. The molecule has 1 unspecified atom stereocenters. The van der Waals surface area contributed by atoms with Crippen molar-refractivity contribution in [2.75, 3.05) is 6.54 Å². The lowest BCUT2D eigenvalue weighted by Crippen LogP contribution is -2.32. The lowest BCUT2D eigenvalue weighted by molar-refractivity contribution is 0.0697. The number of carboxylic acid groups (broad SMARTS) is 1. The molecule has 144 valence electrons. The Kier molecular flexibility index (Phi) is 5.58. The van der Waals surface area contributed by atoms with Crippen LogP contribution in [0, 0.1) is 0 Å². The maximum Gasteiger partial charge on any atom is 0.335 e. The summed E-state index contributed by atoms with van der Waals surface area (Å²) in [4.78, 5) is 14.5. The third-order valence-corrected chi connectivity index (χ3v) is 5.63. The third-order valence-electron chi connectivity index (χ3n) is 5.63. The van der Waals surface area contributed by atoms with Gasteiger partial charge in [0.2, 0.25) is 0 Å². The Balaban J connectivity index is 1.30. The zero-order valence-corrected chi connectivity index (χ0v) is 15.9. The highest BCUT2D eigenvalue weighted by atomic mass is 16.4. The SMILES string of the molecule is O=C(O)c1ccc2[nH]cc(CCCCC3CC(c4ccccc4)=CCN3)c2c1. The molecule has 0 radical (unpaired) electrons. The standard InChI is InChI=1S/C24H26N2O2/c27-24(28)19-10-11-23-22(15-19)20(16-26-23)8-4-5-9-21-14-18(12-13-25-21)17-6-2-1-3-7-17/h1-3,6-7,10-12,15-16,21,25-26H,4-5,8-9,13-14H2,(H,27,28). The Hall–Kier alpha value is -2.85. The fraction of sp³-hybridized carbons (Fsp3) is 0.292. The van der Waals surface area contributed by atoms with E-state index in [0.717, 1.165) is 49.6 Å². The van der Waals surface area contributed by atoms with Gasteiger partial charge in [-0.2, -0.15) is 0 Å². The van der Waals surface area contributed by atoms with Gasteiger partial charge in [-0.25, -0.2) is 4.79 Å². The Labute approximate surface area is 165 Å². The van der Waals surface area contributed by atoms with E-state index in [0.29, 0.717) is 11.6 Å². The summed E-state index contributed by atoms with van der Waals surface area (Å²) in [6.45, 7) is 0.940. The van der Waals surface area contributed by atoms with Crippen LogP contribution in [0.1, 0.15) is 47.2 Å². The lowest BCUT2D eigenvalue weighted by Gasteiger charge is -2.24. The number of nitrogens with one attached hydrogen (secondary N) is 2. The Morgan fingerprint density at radius 2 is 1.96 bits per heavy atom. The number of aromatic carboxylic acids is 1. The van der Waals surface area contributed by atoms with Crippen molar-refractivity contribution in [3.8, 4) is 0 Å². The second kappa shape index (κ2) is 8.44. The smallest absolute Gasteiger partial charge is 0.335 e. The van der Waals surface area contributed by atoms with E-state index in [1.807, 2.05) is 12.3 Å². The van der Waals surface area contributed by atoms with Gasteiger partial charge in [0.15, 0.2) is 0 Å². The largest absolute Gasteiger partial charge is 0.478 e. The number of hydrogen-bond donors (Lipinski definition) is 3. The molecule has 1 aromatic heterocycles. The quantitative estimate of drug-likeness (QED) is 0.509.